The van der Waals surface area contributed by atoms with Gasteiger partial charge in [-0.1, -0.05) is 6.07 Å². The molecule has 0 unspecified atom stereocenters. The van der Waals surface area contributed by atoms with Gasteiger partial charge in [0.25, 0.3) is 5.69 Å². The van der Waals surface area contributed by atoms with Crippen LogP contribution >= 0.6 is 0 Å². The third-order valence-electron chi connectivity index (χ3n) is 1.35. The summed E-state index contributed by atoms with van der Waals surface area (Å²) in [6, 6.07) is 5.38. The third-order valence-corrected chi connectivity index (χ3v) is 1.35. The fraction of sp³-hybridized carbons (Fsp3) is 0.250. The van der Waals surface area contributed by atoms with Gasteiger partial charge in [0.15, 0.2) is 6.61 Å². The Bertz CT molecular complexity index is 325. The zero-order chi connectivity index (χ0) is 10.6. The molecule has 0 amide bonds. The summed E-state index contributed by atoms with van der Waals surface area (Å²) in [7, 11) is 0. The van der Waals surface area contributed by atoms with Crippen LogP contribution in [0, 0.1) is 4.91 Å². The Labute approximate surface area is 77.5 Å². The van der Waals surface area contributed by atoms with Gasteiger partial charge >= 0.3 is 6.18 Å². The summed E-state index contributed by atoms with van der Waals surface area (Å²) in [5, 5.41) is 1.55. The van der Waals surface area contributed by atoms with Crippen molar-refractivity contribution in [2.45, 2.75) is 6.18 Å². The molecule has 14 heavy (non-hydrogen) atoms. The zero-order valence-electron chi connectivity index (χ0n) is 6.97. The molecule has 76 valence electrons. The topological polar surface area (TPSA) is 40.3 Å². The average Bonchev–Trinajstić information content (AvgIpc) is 2.14. The van der Waals surface area contributed by atoms with Gasteiger partial charge in [-0.3, -0.25) is 0 Å². The molecule has 0 aromatic heterocycles. The van der Waals surface area contributed by atoms with Crippen LogP contribution in [0.5, 0.6) is 5.75 Å². The maximum absolute atomic E-state index is 11.7. The van der Waals surface area contributed by atoms with Gasteiger partial charge < -0.3 is 4.74 Å². The van der Waals surface area contributed by atoms with Crippen molar-refractivity contribution in [3.63, 3.8) is 0 Å². The molecule has 6 heteroatoms. The number of hydrogen-bond acceptors (Lipinski definition) is 2. The molecule has 0 aliphatic carbocycles. The van der Waals surface area contributed by atoms with Crippen molar-refractivity contribution in [1.82, 2.24) is 0 Å². The molecule has 0 atom stereocenters. The summed E-state index contributed by atoms with van der Waals surface area (Å²) in [5.74, 6) is 0.00294. The van der Waals surface area contributed by atoms with E-state index >= 15 is 0 Å². The maximum atomic E-state index is 11.7. The van der Waals surface area contributed by atoms with Gasteiger partial charge in [-0.15, -0.1) is 0 Å². The number of rotatable bonds is 3. The van der Waals surface area contributed by atoms with E-state index in [1.54, 1.807) is 5.18 Å². The molecule has 0 saturated heterocycles. The van der Waals surface area contributed by atoms with E-state index in [0.29, 0.717) is 0 Å². The summed E-state index contributed by atoms with van der Waals surface area (Å²) in [6.07, 6.45) is -4.37. The maximum Gasteiger partial charge on any atom is 0.422 e. The molecule has 1 rings (SSSR count). The Kier molecular flexibility index (Phi) is 3.06. The van der Waals surface area contributed by atoms with Crippen LogP contribution < -0.4 is 9.91 Å². The molecular weight excluding hydrogens is 199 g/mol. The van der Waals surface area contributed by atoms with Crippen molar-refractivity contribution < 1.29 is 23.1 Å². The number of alkyl halides is 3. The van der Waals surface area contributed by atoms with E-state index in [1.165, 1.54) is 24.3 Å². The number of ether oxygens (including phenoxy) is 1. The number of halogens is 3. The van der Waals surface area contributed by atoms with E-state index in [0.717, 1.165) is 0 Å². The molecule has 1 aromatic carbocycles. The predicted molar refractivity (Wildman–Crippen MR) is 42.0 cm³/mol. The summed E-state index contributed by atoms with van der Waals surface area (Å²) < 4.78 is 39.6. The largest absolute Gasteiger partial charge is 0.484 e. The summed E-state index contributed by atoms with van der Waals surface area (Å²) in [6.45, 7) is -1.37. The molecule has 0 aliphatic rings. The van der Waals surface area contributed by atoms with Gasteiger partial charge in [0, 0.05) is 16.2 Å². The lowest BCUT2D eigenvalue weighted by Gasteiger charge is -2.07. The molecule has 0 spiro atoms. The quantitative estimate of drug-likeness (QED) is 0.804. The standard InChI is InChI=1S/C8H6F3NO2/c9-8(10,11)5-14-7-3-1-2-6(4-7)12-13/h1-4H,5H2/p+1. The van der Waals surface area contributed by atoms with Crippen molar-refractivity contribution >= 4 is 5.69 Å². The Balaban J connectivity index is 2.63. The second kappa shape index (κ2) is 4.08. The summed E-state index contributed by atoms with van der Waals surface area (Å²) in [4.78, 5) is 10.2. The Morgan fingerprint density at radius 2 is 2.07 bits per heavy atom. The minimum atomic E-state index is -4.37. The molecule has 1 aromatic rings. The lowest BCUT2D eigenvalue weighted by Crippen LogP contribution is -2.55. The minimum Gasteiger partial charge on any atom is -0.484 e. The molecular formula is C8H7F3NO2+. The van der Waals surface area contributed by atoms with Crippen molar-refractivity contribution in [2.75, 3.05) is 6.61 Å². The second-order valence-corrected chi connectivity index (χ2v) is 2.53. The van der Waals surface area contributed by atoms with Crippen LogP contribution in [0.2, 0.25) is 0 Å². The molecule has 0 aliphatic heterocycles. The Morgan fingerprint density at radius 3 is 2.64 bits per heavy atom. The predicted octanol–water partition coefficient (Wildman–Crippen LogP) is 1.11. The molecule has 0 radical (unpaired) electrons. The van der Waals surface area contributed by atoms with Gasteiger partial charge in [0.05, 0.1) is 6.07 Å². The van der Waals surface area contributed by atoms with E-state index in [1.807, 2.05) is 0 Å². The van der Waals surface area contributed by atoms with Crippen molar-refractivity contribution in [3.8, 4) is 5.75 Å². The van der Waals surface area contributed by atoms with Crippen LogP contribution in [-0.2, 0) is 0 Å². The molecule has 0 heterocycles. The highest BCUT2D eigenvalue weighted by molar-refractivity contribution is 5.36. The van der Waals surface area contributed by atoms with Gasteiger partial charge in [-0.2, -0.15) is 13.2 Å². The fourth-order valence-corrected chi connectivity index (χ4v) is 0.815. The normalized spacial score (nSPS) is 11.1. The highest BCUT2D eigenvalue weighted by Gasteiger charge is 2.28. The van der Waals surface area contributed by atoms with Crippen LogP contribution in [0.1, 0.15) is 0 Å². The van der Waals surface area contributed by atoms with E-state index in [9.17, 15) is 18.1 Å². The highest BCUT2D eigenvalue weighted by atomic mass is 19.4. The minimum absolute atomic E-state index is 0.00294. The van der Waals surface area contributed by atoms with Gasteiger partial charge in [0.2, 0.25) is 0 Å². The first kappa shape index (κ1) is 10.5. The lowest BCUT2D eigenvalue weighted by molar-refractivity contribution is -0.379. The first-order valence-electron chi connectivity index (χ1n) is 3.69. The monoisotopic (exact) mass is 206 g/mol. The van der Waals surface area contributed by atoms with Crippen LogP contribution in [0.4, 0.5) is 18.9 Å². The highest BCUT2D eigenvalue weighted by Crippen LogP contribution is 2.19. The van der Waals surface area contributed by atoms with Crippen molar-refractivity contribution in [3.05, 3.63) is 29.2 Å². The van der Waals surface area contributed by atoms with E-state index in [-0.39, 0.29) is 11.4 Å². The lowest BCUT2D eigenvalue weighted by atomic mass is 10.3. The van der Waals surface area contributed by atoms with E-state index in [4.69, 9.17) is 0 Å². The molecule has 0 bridgehead atoms. The summed E-state index contributed by atoms with van der Waals surface area (Å²) >= 11 is 0. The van der Waals surface area contributed by atoms with E-state index < -0.39 is 12.8 Å². The smallest absolute Gasteiger partial charge is 0.422 e. The van der Waals surface area contributed by atoms with Crippen LogP contribution in [-0.4, -0.2) is 12.8 Å². The summed E-state index contributed by atoms with van der Waals surface area (Å²) in [5.41, 5.74) is 0.157. The van der Waals surface area contributed by atoms with Crippen molar-refractivity contribution in [2.24, 2.45) is 0 Å². The Morgan fingerprint density at radius 1 is 1.36 bits per heavy atom. The molecule has 1 N–H and O–H groups in total. The SMILES string of the molecule is O=[NH+]c1cccc(OCC(F)(F)F)c1. The molecule has 0 fully saturated rings. The van der Waals surface area contributed by atoms with Crippen molar-refractivity contribution in [1.29, 1.82) is 0 Å². The number of nitroso groups, excluding NO2 is 1. The van der Waals surface area contributed by atoms with Gasteiger partial charge in [0.1, 0.15) is 5.75 Å². The van der Waals surface area contributed by atoms with Gasteiger partial charge in [-0.05, 0) is 6.07 Å². The second-order valence-electron chi connectivity index (χ2n) is 2.53. The zero-order valence-corrected chi connectivity index (χ0v) is 6.97. The van der Waals surface area contributed by atoms with Gasteiger partial charge in [-0.25, -0.2) is 0 Å². The number of benzene rings is 1. The first-order chi connectivity index (χ1) is 6.51. The average molecular weight is 206 g/mol. The third kappa shape index (κ3) is 3.42. The number of nitrogens with one attached hydrogen (secondary N) is 1. The van der Waals surface area contributed by atoms with Crippen LogP contribution in [0.15, 0.2) is 24.3 Å². The molecule has 3 nitrogen and oxygen atoms in total. The Hall–Kier alpha value is -1.59. The first-order valence-corrected chi connectivity index (χ1v) is 3.69. The fourth-order valence-electron chi connectivity index (χ4n) is 0.815. The van der Waals surface area contributed by atoms with E-state index in [2.05, 4.69) is 4.74 Å². The molecule has 0 saturated carbocycles. The number of hydrogen-bond donors (Lipinski definition) is 1. The van der Waals surface area contributed by atoms with Crippen LogP contribution in [0.25, 0.3) is 0 Å². The van der Waals surface area contributed by atoms with Crippen LogP contribution in [0.3, 0.4) is 0 Å².